The van der Waals surface area contributed by atoms with Gasteiger partial charge in [-0.3, -0.25) is 4.79 Å². The number of rotatable bonds is 0. The van der Waals surface area contributed by atoms with Crippen molar-refractivity contribution in [2.75, 3.05) is 0 Å². The molecule has 3 nitrogen and oxygen atoms in total. The van der Waals surface area contributed by atoms with Gasteiger partial charge < -0.3 is 10.2 Å². The van der Waals surface area contributed by atoms with Gasteiger partial charge >= 0.3 is 0 Å². The van der Waals surface area contributed by atoms with Crippen molar-refractivity contribution < 1.29 is 15.0 Å². The molecule has 3 aliphatic rings. The summed E-state index contributed by atoms with van der Waals surface area (Å²) in [5, 5.41) is 19.7. The Bertz CT molecular complexity index is 608. The summed E-state index contributed by atoms with van der Waals surface area (Å²) in [6, 6.07) is 5.75. The van der Waals surface area contributed by atoms with Gasteiger partial charge in [-0.1, -0.05) is 13.0 Å². The number of hydrogen-bond acceptors (Lipinski definition) is 3. The summed E-state index contributed by atoms with van der Waals surface area (Å²) in [5.74, 6) is 1.73. The molecule has 0 aromatic heterocycles. The molecule has 0 aliphatic heterocycles. The van der Waals surface area contributed by atoms with Crippen molar-refractivity contribution in [3.8, 4) is 5.75 Å². The van der Waals surface area contributed by atoms with Gasteiger partial charge in [0.25, 0.3) is 0 Å². The van der Waals surface area contributed by atoms with Crippen molar-refractivity contribution >= 4 is 5.78 Å². The van der Waals surface area contributed by atoms with Crippen LogP contribution in [-0.2, 0) is 11.2 Å². The van der Waals surface area contributed by atoms with E-state index in [-0.39, 0.29) is 11.2 Å². The first-order chi connectivity index (χ1) is 10.0. The lowest BCUT2D eigenvalue weighted by molar-refractivity contribution is -0.134. The molecular formula is C18H22O3. The van der Waals surface area contributed by atoms with Gasteiger partial charge in [0, 0.05) is 5.41 Å². The number of hydrogen-bond donors (Lipinski definition) is 2. The number of carbonyl (C=O) groups is 1. The molecule has 3 heteroatoms. The molecule has 3 aliphatic carbocycles. The topological polar surface area (TPSA) is 57.5 Å². The van der Waals surface area contributed by atoms with Gasteiger partial charge in [-0.05, 0) is 73.1 Å². The number of fused-ring (bicyclic) bond motifs is 5. The fourth-order valence-electron chi connectivity index (χ4n) is 5.36. The lowest BCUT2D eigenvalue weighted by atomic mass is 9.55. The maximum atomic E-state index is 12.3. The SMILES string of the molecule is C[C@]12CC[C@H]3c4ccc(O)cc4CC[C@@H]3[C@H]1C[C@@H](O)C2=O. The van der Waals surface area contributed by atoms with Crippen LogP contribution in [0.15, 0.2) is 18.2 Å². The molecule has 0 radical (unpaired) electrons. The molecule has 112 valence electrons. The van der Waals surface area contributed by atoms with Crippen LogP contribution in [0.5, 0.6) is 5.75 Å². The summed E-state index contributed by atoms with van der Waals surface area (Å²) in [5.41, 5.74) is 2.32. The second-order valence-electron chi connectivity index (χ2n) is 7.37. The van der Waals surface area contributed by atoms with Gasteiger partial charge in [0.2, 0.25) is 0 Å². The average molecular weight is 286 g/mol. The number of aromatic hydroxyl groups is 1. The Morgan fingerprint density at radius 2 is 2.10 bits per heavy atom. The lowest BCUT2D eigenvalue weighted by Crippen LogP contribution is -2.42. The Morgan fingerprint density at radius 1 is 1.29 bits per heavy atom. The highest BCUT2D eigenvalue weighted by Crippen LogP contribution is 2.59. The highest BCUT2D eigenvalue weighted by molar-refractivity contribution is 5.91. The molecule has 0 bridgehead atoms. The maximum Gasteiger partial charge on any atom is 0.167 e. The number of benzene rings is 1. The summed E-state index contributed by atoms with van der Waals surface area (Å²) >= 11 is 0. The molecule has 21 heavy (non-hydrogen) atoms. The van der Waals surface area contributed by atoms with Crippen molar-refractivity contribution in [3.63, 3.8) is 0 Å². The van der Waals surface area contributed by atoms with Crippen LogP contribution in [-0.4, -0.2) is 22.1 Å². The van der Waals surface area contributed by atoms with Crippen molar-refractivity contribution in [1.82, 2.24) is 0 Å². The molecule has 2 saturated carbocycles. The van der Waals surface area contributed by atoms with Crippen LogP contribution in [0, 0.1) is 17.3 Å². The maximum absolute atomic E-state index is 12.3. The van der Waals surface area contributed by atoms with Crippen LogP contribution < -0.4 is 0 Å². The summed E-state index contributed by atoms with van der Waals surface area (Å²) in [6.45, 7) is 2.07. The summed E-state index contributed by atoms with van der Waals surface area (Å²) in [6.07, 6.45) is 3.84. The van der Waals surface area contributed by atoms with Crippen LogP contribution in [0.25, 0.3) is 0 Å². The molecule has 2 N–H and O–H groups in total. The van der Waals surface area contributed by atoms with E-state index in [1.807, 2.05) is 6.07 Å². The minimum atomic E-state index is -0.750. The summed E-state index contributed by atoms with van der Waals surface area (Å²) < 4.78 is 0. The lowest BCUT2D eigenvalue weighted by Gasteiger charge is -2.48. The zero-order valence-corrected chi connectivity index (χ0v) is 12.4. The molecule has 1 aromatic rings. The Labute approximate surface area is 125 Å². The molecular weight excluding hydrogens is 264 g/mol. The minimum absolute atomic E-state index is 0.0717. The van der Waals surface area contributed by atoms with Gasteiger partial charge in [-0.25, -0.2) is 0 Å². The molecule has 0 heterocycles. The van der Waals surface area contributed by atoms with Crippen LogP contribution in [0.2, 0.25) is 0 Å². The first-order valence-electron chi connectivity index (χ1n) is 8.05. The molecule has 2 fully saturated rings. The van der Waals surface area contributed by atoms with E-state index in [4.69, 9.17) is 0 Å². The van der Waals surface area contributed by atoms with Crippen LogP contribution in [0.3, 0.4) is 0 Å². The number of phenols is 1. The first kappa shape index (κ1) is 13.3. The Hall–Kier alpha value is -1.35. The van der Waals surface area contributed by atoms with Crippen molar-refractivity contribution in [1.29, 1.82) is 0 Å². The van der Waals surface area contributed by atoms with Crippen LogP contribution >= 0.6 is 0 Å². The zero-order chi connectivity index (χ0) is 14.8. The van der Waals surface area contributed by atoms with E-state index in [0.717, 1.165) is 25.7 Å². The van der Waals surface area contributed by atoms with Crippen LogP contribution in [0.1, 0.15) is 49.7 Å². The second-order valence-corrected chi connectivity index (χ2v) is 7.37. The number of Topliss-reactive ketones (excluding diaryl/α,β-unsaturated/α-hetero) is 1. The van der Waals surface area contributed by atoms with E-state index in [1.54, 1.807) is 6.07 Å². The number of aryl methyl sites for hydroxylation is 1. The monoisotopic (exact) mass is 286 g/mol. The van der Waals surface area contributed by atoms with E-state index in [2.05, 4.69) is 13.0 Å². The molecule has 0 unspecified atom stereocenters. The molecule has 4 rings (SSSR count). The number of ketones is 1. The third-order valence-corrected chi connectivity index (χ3v) is 6.44. The smallest absolute Gasteiger partial charge is 0.167 e. The number of phenolic OH excluding ortho intramolecular Hbond substituents is 1. The zero-order valence-electron chi connectivity index (χ0n) is 12.4. The van der Waals surface area contributed by atoms with Gasteiger partial charge in [0.05, 0.1) is 0 Å². The number of carbonyl (C=O) groups excluding carboxylic acids is 1. The van der Waals surface area contributed by atoms with E-state index < -0.39 is 6.10 Å². The normalized spacial score (nSPS) is 41.3. The van der Waals surface area contributed by atoms with Crippen molar-refractivity contribution in [2.45, 2.75) is 51.0 Å². The summed E-state index contributed by atoms with van der Waals surface area (Å²) in [4.78, 5) is 12.3. The first-order valence-corrected chi connectivity index (χ1v) is 8.05. The van der Waals surface area contributed by atoms with E-state index in [1.165, 1.54) is 11.1 Å². The van der Waals surface area contributed by atoms with E-state index in [9.17, 15) is 15.0 Å². The molecule has 0 amide bonds. The molecule has 0 saturated heterocycles. The fraction of sp³-hybridized carbons (Fsp3) is 0.611. The quantitative estimate of drug-likeness (QED) is 0.771. The summed E-state index contributed by atoms with van der Waals surface area (Å²) in [7, 11) is 0. The van der Waals surface area contributed by atoms with E-state index in [0.29, 0.717) is 29.9 Å². The predicted molar refractivity (Wildman–Crippen MR) is 79.1 cm³/mol. The fourth-order valence-corrected chi connectivity index (χ4v) is 5.36. The van der Waals surface area contributed by atoms with Gasteiger partial charge in [-0.15, -0.1) is 0 Å². The largest absolute Gasteiger partial charge is 0.508 e. The Morgan fingerprint density at radius 3 is 2.90 bits per heavy atom. The third kappa shape index (κ3) is 1.73. The standard InChI is InChI=1S/C18H22O3/c1-18-7-6-13-12-5-3-11(19)8-10(12)2-4-14(13)15(18)9-16(20)17(18)21/h3,5,8,13-16,19-20H,2,4,6-7,9H2,1H3/t13-,14-,15+,16+,18-/m0/s1. The molecule has 5 atom stereocenters. The van der Waals surface area contributed by atoms with Gasteiger partial charge in [0.15, 0.2) is 5.78 Å². The predicted octanol–water partition coefficient (Wildman–Crippen LogP) is 2.79. The van der Waals surface area contributed by atoms with E-state index >= 15 is 0 Å². The average Bonchev–Trinajstić information content (AvgIpc) is 2.70. The number of aliphatic hydroxyl groups excluding tert-OH is 1. The molecule has 1 aromatic carbocycles. The number of aliphatic hydroxyl groups is 1. The van der Waals surface area contributed by atoms with Crippen molar-refractivity contribution in [3.05, 3.63) is 29.3 Å². The van der Waals surface area contributed by atoms with Crippen LogP contribution in [0.4, 0.5) is 0 Å². The van der Waals surface area contributed by atoms with Gasteiger partial charge in [-0.2, -0.15) is 0 Å². The Balaban J connectivity index is 1.73. The second kappa shape index (κ2) is 4.33. The third-order valence-electron chi connectivity index (χ3n) is 6.44. The Kier molecular flexibility index (Phi) is 2.74. The highest BCUT2D eigenvalue weighted by atomic mass is 16.3. The van der Waals surface area contributed by atoms with Gasteiger partial charge in [0.1, 0.15) is 11.9 Å². The van der Waals surface area contributed by atoms with Crippen molar-refractivity contribution in [2.24, 2.45) is 17.3 Å². The highest BCUT2D eigenvalue weighted by Gasteiger charge is 2.57. The molecule has 0 spiro atoms. The minimum Gasteiger partial charge on any atom is -0.508 e.